The van der Waals surface area contributed by atoms with Gasteiger partial charge < -0.3 is 4.74 Å². The number of esters is 1. The van der Waals surface area contributed by atoms with Gasteiger partial charge in [0.1, 0.15) is 0 Å². The fourth-order valence-corrected chi connectivity index (χ4v) is 1.61. The van der Waals surface area contributed by atoms with Crippen LogP contribution in [0.25, 0.3) is 0 Å². The van der Waals surface area contributed by atoms with Crippen LogP contribution in [0.5, 0.6) is 0 Å². The van der Waals surface area contributed by atoms with Gasteiger partial charge in [0.25, 0.3) is 0 Å². The molecule has 1 atom stereocenters. The number of hydrogen-bond acceptors (Lipinski definition) is 6. The molecule has 0 spiro atoms. The standard InChI is InChI=1S/C10F20O6S/c11-2(4(14,15)16,35-6(20,21)3(12,13)5(17,18)19)1(31)34-7(22,23)8(24,25)36-9(26,27)10(28,29)37(30,32)33. The van der Waals surface area contributed by atoms with Gasteiger partial charge in [-0.3, -0.25) is 4.74 Å². The summed E-state index contributed by atoms with van der Waals surface area (Å²) >= 11 is 0. The van der Waals surface area contributed by atoms with Crippen molar-refractivity contribution in [3.05, 3.63) is 0 Å². The molecule has 0 aromatic heterocycles. The highest BCUT2D eigenvalue weighted by atomic mass is 32.3. The summed E-state index contributed by atoms with van der Waals surface area (Å²) < 4.78 is 278. The molecule has 222 valence electrons. The van der Waals surface area contributed by atoms with Crippen molar-refractivity contribution in [1.29, 1.82) is 0 Å². The Morgan fingerprint density at radius 1 is 0.514 bits per heavy atom. The Balaban J connectivity index is 6.45. The molecule has 0 amide bonds. The zero-order valence-corrected chi connectivity index (χ0v) is 16.2. The SMILES string of the molecule is O=C(OC(F)(F)C(F)(F)OC(F)(F)C(F)(F)S(=O)(=O)F)C(F)(OC(F)(F)C(F)(F)C(F)(F)F)C(F)(F)F. The van der Waals surface area contributed by atoms with Crippen molar-refractivity contribution < 1.29 is 115 Å². The van der Waals surface area contributed by atoms with Gasteiger partial charge in [-0.15, -0.1) is 0 Å². The molecule has 0 aliphatic rings. The zero-order chi connectivity index (χ0) is 30.7. The summed E-state index contributed by atoms with van der Waals surface area (Å²) in [7, 11) is -8.06. The summed E-state index contributed by atoms with van der Waals surface area (Å²) in [6.07, 6.45) is -46.7. The normalized spacial score (nSPS) is 17.4. The molecule has 0 aromatic rings. The molecule has 0 N–H and O–H groups in total. The molecule has 0 bridgehead atoms. The van der Waals surface area contributed by atoms with E-state index in [1.165, 1.54) is 14.2 Å². The monoisotopic (exact) mass is 628 g/mol. The van der Waals surface area contributed by atoms with Crippen LogP contribution in [0.2, 0.25) is 0 Å². The summed E-state index contributed by atoms with van der Waals surface area (Å²) in [6.45, 7) is 0. The second kappa shape index (κ2) is 9.01. The number of halogens is 20. The van der Waals surface area contributed by atoms with Gasteiger partial charge >= 0.3 is 70.0 Å². The van der Waals surface area contributed by atoms with Gasteiger partial charge in [-0.05, 0) is 0 Å². The van der Waals surface area contributed by atoms with Crippen molar-refractivity contribution in [3.8, 4) is 0 Å². The van der Waals surface area contributed by atoms with Crippen molar-refractivity contribution in [2.45, 2.75) is 53.8 Å². The smallest absolute Gasteiger partial charge is 0.390 e. The molecule has 1 unspecified atom stereocenters. The average Bonchev–Trinajstić information content (AvgIpc) is 2.56. The largest absolute Gasteiger partial charge is 0.496 e. The summed E-state index contributed by atoms with van der Waals surface area (Å²) in [6, 6.07) is 0. The molecule has 0 saturated heterocycles. The third-order valence-corrected chi connectivity index (χ3v) is 3.93. The van der Waals surface area contributed by atoms with Gasteiger partial charge in [0.05, 0.1) is 0 Å². The highest BCUT2D eigenvalue weighted by molar-refractivity contribution is 7.87. The first-order valence-corrected chi connectivity index (χ1v) is 8.59. The van der Waals surface area contributed by atoms with Gasteiger partial charge in [0.2, 0.25) is 0 Å². The van der Waals surface area contributed by atoms with E-state index in [4.69, 9.17) is 0 Å². The van der Waals surface area contributed by atoms with Crippen LogP contribution in [0.4, 0.5) is 87.3 Å². The summed E-state index contributed by atoms with van der Waals surface area (Å²) in [5, 5.41) is -7.53. The molecule has 27 heteroatoms. The molecular weight excluding hydrogens is 628 g/mol. The average molecular weight is 628 g/mol. The Morgan fingerprint density at radius 3 is 1.19 bits per heavy atom. The minimum absolute atomic E-state index is 1.26. The second-order valence-corrected chi connectivity index (χ2v) is 7.17. The van der Waals surface area contributed by atoms with Crippen LogP contribution in [0.1, 0.15) is 0 Å². The van der Waals surface area contributed by atoms with E-state index in [2.05, 4.69) is 0 Å². The summed E-state index contributed by atoms with van der Waals surface area (Å²) in [5.41, 5.74) is 0. The zero-order valence-electron chi connectivity index (χ0n) is 15.4. The van der Waals surface area contributed by atoms with Crippen molar-refractivity contribution in [2.75, 3.05) is 0 Å². The fourth-order valence-electron chi connectivity index (χ4n) is 1.28. The molecule has 0 heterocycles. The molecule has 0 rings (SSSR count). The Morgan fingerprint density at radius 2 is 0.892 bits per heavy atom. The van der Waals surface area contributed by atoms with Crippen LogP contribution in [-0.2, 0) is 29.2 Å². The maximum atomic E-state index is 13.7. The fraction of sp³-hybridized carbons (Fsp3) is 0.900. The molecule has 0 radical (unpaired) electrons. The van der Waals surface area contributed by atoms with Crippen molar-refractivity contribution in [2.24, 2.45) is 0 Å². The minimum atomic E-state index is -8.06. The van der Waals surface area contributed by atoms with Crippen LogP contribution in [0.3, 0.4) is 0 Å². The maximum absolute atomic E-state index is 13.7. The molecule has 0 aliphatic carbocycles. The van der Waals surface area contributed by atoms with Crippen LogP contribution in [0.15, 0.2) is 0 Å². The molecule has 0 aliphatic heterocycles. The van der Waals surface area contributed by atoms with E-state index < -0.39 is 70.0 Å². The lowest BCUT2D eigenvalue weighted by Crippen LogP contribution is -2.63. The Labute approximate surface area is 186 Å². The third-order valence-electron chi connectivity index (χ3n) is 3.08. The molecule has 0 saturated carbocycles. The van der Waals surface area contributed by atoms with Gasteiger partial charge in [-0.1, -0.05) is 3.89 Å². The molecule has 0 fully saturated rings. The van der Waals surface area contributed by atoms with E-state index in [0.29, 0.717) is 0 Å². The number of carbonyl (C=O) groups excluding carboxylic acids is 1. The van der Waals surface area contributed by atoms with Crippen LogP contribution < -0.4 is 0 Å². The maximum Gasteiger partial charge on any atom is 0.496 e. The Kier molecular flexibility index (Phi) is 8.51. The minimum Gasteiger partial charge on any atom is -0.390 e. The topological polar surface area (TPSA) is 78.9 Å². The van der Waals surface area contributed by atoms with E-state index in [1.807, 2.05) is 0 Å². The van der Waals surface area contributed by atoms with Crippen molar-refractivity contribution in [3.63, 3.8) is 0 Å². The summed E-state index contributed by atoms with van der Waals surface area (Å²) in [5.74, 6) is -20.8. The third kappa shape index (κ3) is 6.17. The van der Waals surface area contributed by atoms with E-state index in [9.17, 15) is 101 Å². The number of alkyl halides is 19. The molecule has 37 heavy (non-hydrogen) atoms. The lowest BCUT2D eigenvalue weighted by molar-refractivity contribution is -0.498. The highest BCUT2D eigenvalue weighted by Gasteiger charge is 2.82. The number of rotatable bonds is 10. The predicted octanol–water partition coefficient (Wildman–Crippen LogP) is 5.25. The predicted molar refractivity (Wildman–Crippen MR) is 63.9 cm³/mol. The van der Waals surface area contributed by atoms with E-state index in [1.54, 1.807) is 0 Å². The van der Waals surface area contributed by atoms with E-state index in [0.717, 1.165) is 0 Å². The van der Waals surface area contributed by atoms with Gasteiger partial charge in [-0.25, -0.2) is 9.53 Å². The van der Waals surface area contributed by atoms with E-state index in [-0.39, 0.29) is 0 Å². The number of ether oxygens (including phenoxy) is 3. The quantitative estimate of drug-likeness (QED) is 0.187. The van der Waals surface area contributed by atoms with E-state index >= 15 is 0 Å². The molecule has 0 aromatic carbocycles. The number of carbonyl (C=O) groups is 1. The lowest BCUT2D eigenvalue weighted by atomic mass is 10.2. The van der Waals surface area contributed by atoms with Crippen LogP contribution in [-0.4, -0.2) is 68.2 Å². The lowest BCUT2D eigenvalue weighted by Gasteiger charge is -2.35. The van der Waals surface area contributed by atoms with Crippen LogP contribution >= 0.6 is 0 Å². The molecule has 6 nitrogen and oxygen atoms in total. The first-order valence-electron chi connectivity index (χ1n) is 7.21. The first-order chi connectivity index (χ1) is 15.5. The number of hydrogen-bond donors (Lipinski definition) is 0. The van der Waals surface area contributed by atoms with Gasteiger partial charge in [0.15, 0.2) is 0 Å². The highest BCUT2D eigenvalue weighted by Crippen LogP contribution is 2.53. The van der Waals surface area contributed by atoms with Gasteiger partial charge in [0, 0.05) is 0 Å². The second-order valence-electron chi connectivity index (χ2n) is 5.78. The Hall–Kier alpha value is -2.06. The van der Waals surface area contributed by atoms with Crippen molar-refractivity contribution in [1.82, 2.24) is 0 Å². The van der Waals surface area contributed by atoms with Crippen molar-refractivity contribution >= 4 is 16.2 Å². The molecular formula is C10F20O6S. The van der Waals surface area contributed by atoms with Gasteiger partial charge in [-0.2, -0.15) is 91.8 Å². The Bertz CT molecular complexity index is 965. The summed E-state index contributed by atoms with van der Waals surface area (Å²) in [4.78, 5) is 10.9. The van der Waals surface area contributed by atoms with Crippen LogP contribution in [0, 0.1) is 0 Å². The first kappa shape index (κ1) is 34.9.